The van der Waals surface area contributed by atoms with Crippen molar-refractivity contribution >= 4 is 40.0 Å². The first kappa shape index (κ1) is 20.0. The SMILES string of the molecule is Cc1ccc(NC(=O)CSCC(=O)NC(C)c2ccc3ccccc3c2)cc1. The minimum absolute atomic E-state index is 0.0752. The lowest BCUT2D eigenvalue weighted by molar-refractivity contribution is -0.119. The average molecular weight is 393 g/mol. The van der Waals surface area contributed by atoms with E-state index in [0.717, 1.165) is 22.2 Å². The van der Waals surface area contributed by atoms with Crippen LogP contribution in [-0.2, 0) is 9.59 Å². The molecule has 0 heterocycles. The Bertz CT molecular complexity index is 970. The fourth-order valence-electron chi connectivity index (χ4n) is 2.91. The van der Waals surface area contributed by atoms with E-state index in [9.17, 15) is 9.59 Å². The lowest BCUT2D eigenvalue weighted by atomic mass is 10.0. The van der Waals surface area contributed by atoms with E-state index in [4.69, 9.17) is 0 Å². The third-order valence-corrected chi connectivity index (χ3v) is 5.39. The van der Waals surface area contributed by atoms with Crippen LogP contribution in [-0.4, -0.2) is 23.3 Å². The Labute approximate surface area is 169 Å². The summed E-state index contributed by atoms with van der Waals surface area (Å²) in [6.45, 7) is 3.97. The average Bonchev–Trinajstić information content (AvgIpc) is 2.69. The van der Waals surface area contributed by atoms with Gasteiger partial charge in [-0.3, -0.25) is 9.59 Å². The highest BCUT2D eigenvalue weighted by Crippen LogP contribution is 2.20. The number of carbonyl (C=O) groups is 2. The second kappa shape index (κ2) is 9.42. The Hall–Kier alpha value is -2.79. The van der Waals surface area contributed by atoms with Crippen LogP contribution >= 0.6 is 11.8 Å². The number of thioether (sulfide) groups is 1. The molecule has 2 N–H and O–H groups in total. The molecule has 3 aromatic rings. The quantitative estimate of drug-likeness (QED) is 0.613. The normalized spacial score (nSPS) is 11.8. The number of fused-ring (bicyclic) bond motifs is 1. The van der Waals surface area contributed by atoms with E-state index < -0.39 is 0 Å². The summed E-state index contributed by atoms with van der Waals surface area (Å²) in [7, 11) is 0. The molecule has 144 valence electrons. The molecule has 0 saturated heterocycles. The molecule has 0 aliphatic rings. The monoisotopic (exact) mass is 392 g/mol. The van der Waals surface area contributed by atoms with Gasteiger partial charge in [0.1, 0.15) is 0 Å². The van der Waals surface area contributed by atoms with Gasteiger partial charge in [0, 0.05) is 5.69 Å². The van der Waals surface area contributed by atoms with Crippen molar-refractivity contribution in [1.82, 2.24) is 5.32 Å². The minimum Gasteiger partial charge on any atom is -0.349 e. The molecule has 2 amide bonds. The second-order valence-corrected chi connectivity index (χ2v) is 7.79. The molecular formula is C23H24N2O2S. The Morgan fingerprint density at radius 3 is 2.32 bits per heavy atom. The maximum Gasteiger partial charge on any atom is 0.234 e. The molecule has 28 heavy (non-hydrogen) atoms. The first-order chi connectivity index (χ1) is 13.5. The van der Waals surface area contributed by atoms with E-state index in [1.54, 1.807) is 0 Å². The van der Waals surface area contributed by atoms with Gasteiger partial charge in [0.25, 0.3) is 0 Å². The van der Waals surface area contributed by atoms with Crippen LogP contribution in [0.4, 0.5) is 5.69 Å². The summed E-state index contributed by atoms with van der Waals surface area (Å²) in [6, 6.07) is 21.9. The summed E-state index contributed by atoms with van der Waals surface area (Å²) >= 11 is 1.31. The van der Waals surface area contributed by atoms with Gasteiger partial charge in [0.05, 0.1) is 17.5 Å². The summed E-state index contributed by atoms with van der Waals surface area (Å²) in [4.78, 5) is 24.2. The molecule has 0 aliphatic carbocycles. The standard InChI is InChI=1S/C23H24N2O2S/c1-16-7-11-21(12-8-16)25-23(27)15-28-14-22(26)24-17(2)19-10-9-18-5-3-4-6-20(18)13-19/h3-13,17H,14-15H2,1-2H3,(H,24,26)(H,25,27). The van der Waals surface area contributed by atoms with Gasteiger partial charge in [0.15, 0.2) is 0 Å². The van der Waals surface area contributed by atoms with Crippen LogP contribution in [0.5, 0.6) is 0 Å². The number of nitrogens with one attached hydrogen (secondary N) is 2. The van der Waals surface area contributed by atoms with Gasteiger partial charge in [-0.05, 0) is 48.4 Å². The van der Waals surface area contributed by atoms with Crippen molar-refractivity contribution in [2.24, 2.45) is 0 Å². The van der Waals surface area contributed by atoms with Crippen LogP contribution in [0.3, 0.4) is 0 Å². The van der Waals surface area contributed by atoms with E-state index in [1.165, 1.54) is 17.1 Å². The molecule has 0 fully saturated rings. The molecule has 0 aromatic heterocycles. The molecule has 0 bridgehead atoms. The van der Waals surface area contributed by atoms with Crippen LogP contribution in [0.15, 0.2) is 66.7 Å². The zero-order valence-electron chi connectivity index (χ0n) is 16.1. The lowest BCUT2D eigenvalue weighted by Gasteiger charge is -2.15. The third-order valence-electron chi connectivity index (χ3n) is 4.45. The van der Waals surface area contributed by atoms with E-state index in [-0.39, 0.29) is 29.4 Å². The molecule has 4 nitrogen and oxygen atoms in total. The molecule has 1 atom stereocenters. The van der Waals surface area contributed by atoms with E-state index in [1.807, 2.05) is 56.3 Å². The second-order valence-electron chi connectivity index (χ2n) is 6.80. The smallest absolute Gasteiger partial charge is 0.234 e. The minimum atomic E-state index is -0.107. The predicted octanol–water partition coefficient (Wildman–Crippen LogP) is 4.70. The number of anilines is 1. The van der Waals surface area contributed by atoms with Crippen LogP contribution in [0.25, 0.3) is 10.8 Å². The fraction of sp³-hybridized carbons (Fsp3) is 0.217. The van der Waals surface area contributed by atoms with Crippen LogP contribution in [0.1, 0.15) is 24.1 Å². The van der Waals surface area contributed by atoms with Crippen molar-refractivity contribution < 1.29 is 9.59 Å². The van der Waals surface area contributed by atoms with Gasteiger partial charge in [-0.25, -0.2) is 0 Å². The van der Waals surface area contributed by atoms with Crippen LogP contribution in [0, 0.1) is 6.92 Å². The molecular weight excluding hydrogens is 368 g/mol. The van der Waals surface area contributed by atoms with Gasteiger partial charge >= 0.3 is 0 Å². The fourth-order valence-corrected chi connectivity index (χ4v) is 3.54. The maximum atomic E-state index is 12.2. The predicted molar refractivity (Wildman–Crippen MR) is 118 cm³/mol. The van der Waals surface area contributed by atoms with Crippen LogP contribution < -0.4 is 10.6 Å². The van der Waals surface area contributed by atoms with Crippen molar-refractivity contribution in [3.63, 3.8) is 0 Å². The number of hydrogen-bond acceptors (Lipinski definition) is 3. The largest absolute Gasteiger partial charge is 0.349 e. The van der Waals surface area contributed by atoms with Gasteiger partial charge in [-0.2, -0.15) is 0 Å². The number of benzene rings is 3. The third kappa shape index (κ3) is 5.60. The molecule has 3 rings (SSSR count). The first-order valence-corrected chi connectivity index (χ1v) is 10.4. The number of carbonyl (C=O) groups excluding carboxylic acids is 2. The molecule has 0 saturated carbocycles. The molecule has 5 heteroatoms. The summed E-state index contributed by atoms with van der Waals surface area (Å²) in [5.41, 5.74) is 2.98. The molecule has 1 unspecified atom stereocenters. The van der Waals surface area contributed by atoms with E-state index in [2.05, 4.69) is 34.9 Å². The van der Waals surface area contributed by atoms with Crippen LogP contribution in [0.2, 0.25) is 0 Å². The molecule has 0 radical (unpaired) electrons. The highest BCUT2D eigenvalue weighted by atomic mass is 32.2. The Morgan fingerprint density at radius 1 is 0.893 bits per heavy atom. The van der Waals surface area contributed by atoms with Gasteiger partial charge in [0.2, 0.25) is 11.8 Å². The van der Waals surface area contributed by atoms with E-state index in [0.29, 0.717) is 0 Å². The maximum absolute atomic E-state index is 12.2. The topological polar surface area (TPSA) is 58.2 Å². The van der Waals surface area contributed by atoms with Crippen molar-refractivity contribution in [3.05, 3.63) is 77.9 Å². The number of hydrogen-bond donors (Lipinski definition) is 2. The summed E-state index contributed by atoms with van der Waals surface area (Å²) in [6.07, 6.45) is 0. The van der Waals surface area contributed by atoms with E-state index >= 15 is 0 Å². The van der Waals surface area contributed by atoms with Crippen molar-refractivity contribution in [2.75, 3.05) is 16.8 Å². The zero-order valence-corrected chi connectivity index (χ0v) is 16.9. The lowest BCUT2D eigenvalue weighted by Crippen LogP contribution is -2.28. The number of rotatable bonds is 7. The highest BCUT2D eigenvalue weighted by Gasteiger charge is 2.11. The Morgan fingerprint density at radius 2 is 1.57 bits per heavy atom. The molecule has 3 aromatic carbocycles. The summed E-state index contributed by atoms with van der Waals surface area (Å²) in [5, 5.41) is 8.17. The summed E-state index contributed by atoms with van der Waals surface area (Å²) < 4.78 is 0. The molecule has 0 aliphatic heterocycles. The van der Waals surface area contributed by atoms with Crippen molar-refractivity contribution in [1.29, 1.82) is 0 Å². The summed E-state index contributed by atoms with van der Waals surface area (Å²) in [5.74, 6) is 0.309. The van der Waals surface area contributed by atoms with Crippen molar-refractivity contribution in [3.8, 4) is 0 Å². The Kier molecular flexibility index (Phi) is 6.71. The Balaban J connectivity index is 1.44. The van der Waals surface area contributed by atoms with Gasteiger partial charge < -0.3 is 10.6 Å². The first-order valence-electron chi connectivity index (χ1n) is 9.23. The number of aryl methyl sites for hydroxylation is 1. The van der Waals surface area contributed by atoms with Gasteiger partial charge in [-0.1, -0.05) is 54.1 Å². The van der Waals surface area contributed by atoms with Crippen molar-refractivity contribution in [2.45, 2.75) is 19.9 Å². The van der Waals surface area contributed by atoms with Gasteiger partial charge in [-0.15, -0.1) is 11.8 Å². The zero-order chi connectivity index (χ0) is 19.9. The number of amides is 2. The highest BCUT2D eigenvalue weighted by molar-refractivity contribution is 8.00. The molecule has 0 spiro atoms.